The molecule has 0 aromatic heterocycles. The van der Waals surface area contributed by atoms with E-state index in [4.69, 9.17) is 31.4 Å². The minimum absolute atomic E-state index is 0.0782. The van der Waals surface area contributed by atoms with Crippen LogP contribution in [0.2, 0.25) is 0 Å². The number of carbonyl (C=O) groups is 1. The van der Waals surface area contributed by atoms with E-state index in [-0.39, 0.29) is 26.0 Å². The third-order valence-corrected chi connectivity index (χ3v) is 9.34. The molecule has 0 radical (unpaired) electrons. The molecular weight excluding hydrogens is 578 g/mol. The van der Waals surface area contributed by atoms with E-state index in [9.17, 15) is 30.3 Å². The summed E-state index contributed by atoms with van der Waals surface area (Å²) in [6.07, 6.45) is -3.24. The summed E-state index contributed by atoms with van der Waals surface area (Å²) in [7, 11) is 1.59. The number of hydrogen-bond acceptors (Lipinski definition) is 15. The highest BCUT2D eigenvalue weighted by molar-refractivity contribution is 5.86. The van der Waals surface area contributed by atoms with Gasteiger partial charge < -0.3 is 78.2 Å². The Labute approximate surface area is 258 Å². The molecule has 1 saturated carbocycles. The topological polar surface area (TPSA) is 272 Å². The fraction of sp³-hybridized carbons (Fsp3) is 0.893. The van der Waals surface area contributed by atoms with E-state index >= 15 is 0 Å². The minimum Gasteiger partial charge on any atom is -0.492 e. The lowest BCUT2D eigenvalue weighted by Gasteiger charge is -2.50. The molecule has 3 fully saturated rings. The second kappa shape index (κ2) is 14.9. The number of amides is 1. The van der Waals surface area contributed by atoms with E-state index in [1.165, 1.54) is 6.92 Å². The number of carbonyl (C=O) groups excluding carboxylic acids is 1. The van der Waals surface area contributed by atoms with Crippen LogP contribution in [-0.2, 0) is 19.0 Å². The van der Waals surface area contributed by atoms with Crippen molar-refractivity contribution in [1.82, 2.24) is 21.3 Å². The van der Waals surface area contributed by atoms with E-state index in [1.54, 1.807) is 7.05 Å². The van der Waals surface area contributed by atoms with Crippen LogP contribution in [0.25, 0.3) is 0 Å². The maximum atomic E-state index is 13.2. The molecule has 3 aliphatic heterocycles. The molecule has 44 heavy (non-hydrogen) atoms. The molecule has 4 rings (SSSR count). The van der Waals surface area contributed by atoms with Crippen molar-refractivity contribution in [1.29, 1.82) is 0 Å². The molecule has 16 heteroatoms. The second-order valence-corrected chi connectivity index (χ2v) is 12.9. The lowest BCUT2D eigenvalue weighted by atomic mass is 9.72. The van der Waals surface area contributed by atoms with E-state index < -0.39 is 84.0 Å². The summed E-state index contributed by atoms with van der Waals surface area (Å²) in [4.78, 5) is 13.2. The highest BCUT2D eigenvalue weighted by Gasteiger charge is 2.54. The molecule has 15 N–H and O–H groups in total. The lowest BCUT2D eigenvalue weighted by Crippen LogP contribution is -2.70. The monoisotopic (exact) mass is 631 g/mol. The van der Waals surface area contributed by atoms with E-state index in [0.717, 1.165) is 0 Å². The number of nitrogens with one attached hydrogen (secondary N) is 4. The van der Waals surface area contributed by atoms with Crippen molar-refractivity contribution >= 4 is 5.91 Å². The Bertz CT molecular complexity index is 985. The van der Waals surface area contributed by atoms with Gasteiger partial charge >= 0.3 is 0 Å². The van der Waals surface area contributed by atoms with Gasteiger partial charge in [-0.05, 0) is 58.8 Å². The summed E-state index contributed by atoms with van der Waals surface area (Å²) in [6.45, 7) is 2.93. The van der Waals surface area contributed by atoms with Gasteiger partial charge in [0.15, 0.2) is 11.9 Å². The average Bonchev–Trinajstić information content (AvgIpc) is 3.41. The van der Waals surface area contributed by atoms with E-state index in [1.807, 2.05) is 6.08 Å². The summed E-state index contributed by atoms with van der Waals surface area (Å²) >= 11 is 0. The number of aliphatic hydroxyl groups excluding tert-OH is 3. The predicted molar refractivity (Wildman–Crippen MR) is 159 cm³/mol. The van der Waals surface area contributed by atoms with Crippen molar-refractivity contribution in [3.05, 3.63) is 11.8 Å². The van der Waals surface area contributed by atoms with Gasteiger partial charge in [-0.2, -0.15) is 0 Å². The zero-order valence-corrected chi connectivity index (χ0v) is 25.6. The first-order valence-corrected chi connectivity index (χ1v) is 15.5. The van der Waals surface area contributed by atoms with Gasteiger partial charge in [0.1, 0.15) is 29.7 Å². The van der Waals surface area contributed by atoms with Crippen molar-refractivity contribution in [3.63, 3.8) is 0 Å². The highest BCUT2D eigenvalue weighted by atomic mass is 16.7. The molecule has 3 unspecified atom stereocenters. The molecule has 1 aliphatic carbocycles. The summed E-state index contributed by atoms with van der Waals surface area (Å²) in [5.41, 5.74) is 15.6. The number of rotatable bonds is 12. The molecule has 13 atom stereocenters. The zero-order valence-electron chi connectivity index (χ0n) is 25.6. The van der Waals surface area contributed by atoms with Crippen molar-refractivity contribution in [2.45, 2.75) is 105 Å². The highest BCUT2D eigenvalue weighted by Crippen LogP contribution is 2.37. The molecule has 0 aromatic carbocycles. The van der Waals surface area contributed by atoms with E-state index in [0.29, 0.717) is 44.8 Å². The Morgan fingerprint density at radius 2 is 2.00 bits per heavy atom. The fourth-order valence-corrected chi connectivity index (χ4v) is 6.79. The molecule has 1 amide bonds. The summed E-state index contributed by atoms with van der Waals surface area (Å²) < 4.78 is 18.2. The summed E-state index contributed by atoms with van der Waals surface area (Å²) in [5.74, 6) is -0.779. The Morgan fingerprint density at radius 1 is 1.25 bits per heavy atom. The number of likely N-dealkylation sites (N-methyl/N-ethyl adjacent to an activating group) is 1. The summed E-state index contributed by atoms with van der Waals surface area (Å²) in [6, 6.07) is -2.87. The molecule has 0 bridgehead atoms. The number of aliphatic hydroxyl groups is 5. The second-order valence-electron chi connectivity index (χ2n) is 12.9. The molecule has 254 valence electrons. The van der Waals surface area contributed by atoms with Gasteiger partial charge in [-0.15, -0.1) is 0 Å². The van der Waals surface area contributed by atoms with E-state index in [2.05, 4.69) is 21.3 Å². The maximum absolute atomic E-state index is 13.2. The fourth-order valence-electron chi connectivity index (χ4n) is 6.79. The smallest absolute Gasteiger partial charge is 0.253 e. The summed E-state index contributed by atoms with van der Waals surface area (Å²) in [5, 5.41) is 66.3. The van der Waals surface area contributed by atoms with Gasteiger partial charge in [0.25, 0.3) is 5.91 Å². The predicted octanol–water partition coefficient (Wildman–Crippen LogP) is -5.36. The Hall–Kier alpha value is -1.51. The van der Waals surface area contributed by atoms with Crippen LogP contribution in [0.1, 0.15) is 32.6 Å². The van der Waals surface area contributed by atoms with Gasteiger partial charge in [-0.1, -0.05) is 0 Å². The quantitative estimate of drug-likeness (QED) is 0.0958. The Kier molecular flexibility index (Phi) is 12.0. The van der Waals surface area contributed by atoms with Crippen LogP contribution in [0.4, 0.5) is 0 Å². The molecule has 4 aliphatic rings. The number of hydrogen-bond donors (Lipinski definition) is 12. The van der Waals surface area contributed by atoms with Crippen LogP contribution in [-0.4, -0.2) is 150 Å². The molecule has 0 aromatic rings. The standard InChI is InChI=1S/C28H53N7O9/c1-27(40)13-42-25(21(38)24(27)32-2)44-23-18(35-26(39)28(41)6-8-33-12-28)9-17(31)19(20(23)37)22-16(30)4-3-15(43-22)11-34-10-14(36)5-7-29/h3,14,16-25,32-34,36-38,40-41H,4-13,29-31H2,1-2H3,(H,35,39)/t14?,16-,17+,18-,19?,20+,21-,22+,23+,24-,25-,27+,28?/m1/s1. The first-order valence-electron chi connectivity index (χ1n) is 15.5. The number of β-amino-alcohol motifs (C(OH)–C–C–N with tert-alkyl or cyclic N) is 1. The zero-order chi connectivity index (χ0) is 32.2. The maximum Gasteiger partial charge on any atom is 0.253 e. The van der Waals surface area contributed by atoms with Crippen molar-refractivity contribution in [3.8, 4) is 0 Å². The number of nitrogens with two attached hydrogens (primary N) is 3. The first kappa shape index (κ1) is 35.3. The third kappa shape index (κ3) is 7.88. The molecular formula is C28H53N7O9. The van der Waals surface area contributed by atoms with Crippen LogP contribution >= 0.6 is 0 Å². The van der Waals surface area contributed by atoms with Crippen LogP contribution in [0.5, 0.6) is 0 Å². The SMILES string of the molecule is CN[C@@H]1[C@@H](O)[C@@H](O[C@H]2[C@H](NC(=O)C3(O)CCNC3)C[C@H](N)C([C@H]3OC(CNCC(O)CCN)=CC[C@H]3N)[C@@H]2O)OC[C@]1(C)O. The van der Waals surface area contributed by atoms with Gasteiger partial charge in [-0.3, -0.25) is 4.79 Å². The molecule has 3 heterocycles. The normalized spacial score (nSPS) is 43.6. The van der Waals surface area contributed by atoms with Crippen LogP contribution in [0.15, 0.2) is 11.8 Å². The third-order valence-electron chi connectivity index (χ3n) is 9.34. The van der Waals surface area contributed by atoms with Gasteiger partial charge in [-0.25, -0.2) is 0 Å². The molecule has 0 spiro atoms. The molecule has 16 nitrogen and oxygen atoms in total. The average molecular weight is 632 g/mol. The Morgan fingerprint density at radius 3 is 2.66 bits per heavy atom. The Balaban J connectivity index is 1.53. The van der Waals surface area contributed by atoms with Gasteiger partial charge in [0, 0.05) is 31.1 Å². The van der Waals surface area contributed by atoms with Crippen molar-refractivity contribution in [2.75, 3.05) is 46.4 Å². The first-order chi connectivity index (χ1) is 20.8. The van der Waals surface area contributed by atoms with Crippen LogP contribution in [0.3, 0.4) is 0 Å². The van der Waals surface area contributed by atoms with Gasteiger partial charge in [0.05, 0.1) is 37.4 Å². The van der Waals surface area contributed by atoms with Crippen LogP contribution < -0.4 is 38.5 Å². The van der Waals surface area contributed by atoms with Crippen molar-refractivity contribution < 1.29 is 44.5 Å². The van der Waals surface area contributed by atoms with Gasteiger partial charge in [0.2, 0.25) is 0 Å². The van der Waals surface area contributed by atoms with Crippen molar-refractivity contribution in [2.24, 2.45) is 23.1 Å². The largest absolute Gasteiger partial charge is 0.492 e. The minimum atomic E-state index is -1.63. The molecule has 2 saturated heterocycles. The lowest BCUT2D eigenvalue weighted by molar-refractivity contribution is -0.297. The number of ether oxygens (including phenoxy) is 3. The van der Waals surface area contributed by atoms with Crippen LogP contribution in [0, 0.1) is 5.92 Å².